The standard InChI is InChI=1S/C18H24N2O3/c1-17(2)10-14(12-6-4-5-7-13(12)17)19-16(23)20-9-8-18(3,11-20)15(21)22/h4-7,14H,8-11H2,1-3H3,(H,19,23)(H,21,22). The number of carboxylic acids is 1. The molecule has 2 atom stereocenters. The predicted octanol–water partition coefficient (Wildman–Crippen LogP) is 2.92. The summed E-state index contributed by atoms with van der Waals surface area (Å²) in [5, 5.41) is 12.4. The number of rotatable bonds is 2. The lowest BCUT2D eigenvalue weighted by Crippen LogP contribution is -2.42. The molecule has 5 heteroatoms. The second-order valence-electron chi connectivity index (χ2n) is 7.71. The van der Waals surface area contributed by atoms with Gasteiger partial charge in [-0.05, 0) is 36.3 Å². The quantitative estimate of drug-likeness (QED) is 0.881. The first-order chi connectivity index (χ1) is 10.7. The average Bonchev–Trinajstić information content (AvgIpc) is 3.00. The molecule has 1 fully saturated rings. The maximum Gasteiger partial charge on any atom is 0.317 e. The third-order valence-electron chi connectivity index (χ3n) is 5.35. The number of fused-ring (bicyclic) bond motifs is 1. The van der Waals surface area contributed by atoms with E-state index in [4.69, 9.17) is 0 Å². The summed E-state index contributed by atoms with van der Waals surface area (Å²) in [5.74, 6) is -0.833. The van der Waals surface area contributed by atoms with Crippen molar-refractivity contribution in [2.75, 3.05) is 13.1 Å². The molecule has 1 saturated heterocycles. The lowest BCUT2D eigenvalue weighted by Gasteiger charge is -2.24. The molecule has 2 N–H and O–H groups in total. The summed E-state index contributed by atoms with van der Waals surface area (Å²) in [4.78, 5) is 25.5. The summed E-state index contributed by atoms with van der Waals surface area (Å²) < 4.78 is 0. The van der Waals surface area contributed by atoms with E-state index in [9.17, 15) is 14.7 Å². The SMILES string of the molecule is CC1(C(=O)O)CCN(C(=O)NC2CC(C)(C)c3ccccc32)C1. The van der Waals surface area contributed by atoms with E-state index in [1.807, 2.05) is 12.1 Å². The number of benzene rings is 1. The Morgan fingerprint density at radius 2 is 1.96 bits per heavy atom. The van der Waals surface area contributed by atoms with Gasteiger partial charge in [-0.1, -0.05) is 38.1 Å². The first kappa shape index (κ1) is 15.8. The fourth-order valence-corrected chi connectivity index (χ4v) is 3.83. The molecule has 0 spiro atoms. The van der Waals surface area contributed by atoms with Gasteiger partial charge in [0.25, 0.3) is 0 Å². The number of hydrogen-bond acceptors (Lipinski definition) is 2. The summed E-state index contributed by atoms with van der Waals surface area (Å²) in [6, 6.07) is 8.05. The minimum absolute atomic E-state index is 0.00890. The van der Waals surface area contributed by atoms with Crippen LogP contribution in [0, 0.1) is 5.41 Å². The highest BCUT2D eigenvalue weighted by Gasteiger charge is 2.43. The number of nitrogens with zero attached hydrogens (tertiary/aromatic N) is 1. The molecule has 0 saturated carbocycles. The number of carbonyl (C=O) groups excluding carboxylic acids is 1. The molecule has 124 valence electrons. The third-order valence-corrected chi connectivity index (χ3v) is 5.35. The molecule has 2 amide bonds. The van der Waals surface area contributed by atoms with Crippen molar-refractivity contribution in [3.05, 3.63) is 35.4 Å². The Labute approximate surface area is 136 Å². The largest absolute Gasteiger partial charge is 0.481 e. The van der Waals surface area contributed by atoms with Gasteiger partial charge < -0.3 is 15.3 Å². The summed E-state index contributed by atoms with van der Waals surface area (Å²) in [6.07, 6.45) is 1.37. The normalized spacial score (nSPS) is 28.5. The van der Waals surface area contributed by atoms with E-state index in [1.54, 1.807) is 11.8 Å². The van der Waals surface area contributed by atoms with Crippen LogP contribution in [0.5, 0.6) is 0 Å². The lowest BCUT2D eigenvalue weighted by molar-refractivity contribution is -0.146. The number of carbonyl (C=O) groups is 2. The first-order valence-corrected chi connectivity index (χ1v) is 8.11. The van der Waals surface area contributed by atoms with Crippen LogP contribution in [0.1, 0.15) is 50.8 Å². The van der Waals surface area contributed by atoms with E-state index >= 15 is 0 Å². The van der Waals surface area contributed by atoms with Gasteiger partial charge in [-0.25, -0.2) is 4.79 Å². The number of carboxylic acid groups (broad SMARTS) is 1. The second-order valence-corrected chi connectivity index (χ2v) is 7.71. The van der Waals surface area contributed by atoms with Crippen LogP contribution in [-0.2, 0) is 10.2 Å². The monoisotopic (exact) mass is 316 g/mol. The summed E-state index contributed by atoms with van der Waals surface area (Å²) in [6.45, 7) is 6.85. The number of nitrogens with one attached hydrogen (secondary N) is 1. The van der Waals surface area contributed by atoms with Gasteiger partial charge in [-0.3, -0.25) is 4.79 Å². The molecule has 1 aliphatic carbocycles. The first-order valence-electron chi connectivity index (χ1n) is 8.11. The molecule has 0 aromatic heterocycles. The van der Waals surface area contributed by atoms with Gasteiger partial charge in [-0.2, -0.15) is 0 Å². The van der Waals surface area contributed by atoms with Crippen molar-refractivity contribution in [3.8, 4) is 0 Å². The summed E-state index contributed by atoms with van der Waals surface area (Å²) >= 11 is 0. The van der Waals surface area contributed by atoms with Gasteiger partial charge in [0.15, 0.2) is 0 Å². The van der Waals surface area contributed by atoms with Crippen molar-refractivity contribution < 1.29 is 14.7 Å². The minimum Gasteiger partial charge on any atom is -0.481 e. The Morgan fingerprint density at radius 1 is 1.26 bits per heavy atom. The van der Waals surface area contributed by atoms with Crippen LogP contribution in [0.15, 0.2) is 24.3 Å². The third kappa shape index (κ3) is 2.69. The molecule has 3 rings (SSSR count). The average molecular weight is 316 g/mol. The zero-order valence-corrected chi connectivity index (χ0v) is 13.9. The Hall–Kier alpha value is -2.04. The van der Waals surface area contributed by atoms with Crippen LogP contribution in [0.2, 0.25) is 0 Å². The highest BCUT2D eigenvalue weighted by atomic mass is 16.4. The van der Waals surface area contributed by atoms with E-state index < -0.39 is 11.4 Å². The number of amides is 2. The highest BCUT2D eigenvalue weighted by Crippen LogP contribution is 2.44. The Bertz CT molecular complexity index is 655. The molecule has 2 unspecified atom stereocenters. The van der Waals surface area contributed by atoms with Gasteiger partial charge in [0.05, 0.1) is 11.5 Å². The Kier molecular flexibility index (Phi) is 3.62. The zero-order valence-electron chi connectivity index (χ0n) is 13.9. The molecular weight excluding hydrogens is 292 g/mol. The maximum atomic E-state index is 12.6. The number of urea groups is 1. The van der Waals surface area contributed by atoms with Crippen LogP contribution in [0.3, 0.4) is 0 Å². The van der Waals surface area contributed by atoms with Gasteiger partial charge in [0, 0.05) is 13.1 Å². The van der Waals surface area contributed by atoms with Crippen molar-refractivity contribution in [2.24, 2.45) is 5.41 Å². The fourth-order valence-electron chi connectivity index (χ4n) is 3.83. The Balaban J connectivity index is 1.72. The number of hydrogen-bond donors (Lipinski definition) is 2. The molecular formula is C18H24N2O3. The van der Waals surface area contributed by atoms with Crippen molar-refractivity contribution in [1.29, 1.82) is 0 Å². The molecule has 1 aromatic rings. The van der Waals surface area contributed by atoms with Crippen molar-refractivity contribution >= 4 is 12.0 Å². The number of likely N-dealkylation sites (tertiary alicyclic amines) is 1. The van der Waals surface area contributed by atoms with E-state index in [2.05, 4.69) is 31.3 Å². The molecule has 1 aromatic carbocycles. The van der Waals surface area contributed by atoms with Crippen molar-refractivity contribution in [3.63, 3.8) is 0 Å². The summed E-state index contributed by atoms with van der Waals surface area (Å²) in [5.41, 5.74) is 1.66. The van der Waals surface area contributed by atoms with Crippen molar-refractivity contribution in [1.82, 2.24) is 10.2 Å². The Morgan fingerprint density at radius 3 is 2.61 bits per heavy atom. The smallest absolute Gasteiger partial charge is 0.317 e. The molecule has 23 heavy (non-hydrogen) atoms. The van der Waals surface area contributed by atoms with Gasteiger partial charge in [0.2, 0.25) is 0 Å². The molecule has 1 aliphatic heterocycles. The zero-order chi connectivity index (χ0) is 16.8. The minimum atomic E-state index is -0.833. The molecule has 0 radical (unpaired) electrons. The molecule has 0 bridgehead atoms. The predicted molar refractivity (Wildman–Crippen MR) is 87.3 cm³/mol. The highest BCUT2D eigenvalue weighted by molar-refractivity contribution is 5.79. The van der Waals surface area contributed by atoms with E-state index in [-0.39, 0.29) is 24.0 Å². The maximum absolute atomic E-state index is 12.6. The number of aliphatic carboxylic acids is 1. The summed E-state index contributed by atoms with van der Waals surface area (Å²) in [7, 11) is 0. The molecule has 1 heterocycles. The second kappa shape index (κ2) is 5.25. The van der Waals surface area contributed by atoms with Crippen LogP contribution in [0.4, 0.5) is 4.79 Å². The fraction of sp³-hybridized carbons (Fsp3) is 0.556. The van der Waals surface area contributed by atoms with Crippen molar-refractivity contribution in [2.45, 2.75) is 45.1 Å². The lowest BCUT2D eigenvalue weighted by atomic mass is 9.86. The van der Waals surface area contributed by atoms with Gasteiger partial charge >= 0.3 is 12.0 Å². The van der Waals surface area contributed by atoms with Crippen LogP contribution >= 0.6 is 0 Å². The van der Waals surface area contributed by atoms with E-state index in [0.29, 0.717) is 13.0 Å². The van der Waals surface area contributed by atoms with Gasteiger partial charge in [-0.15, -0.1) is 0 Å². The van der Waals surface area contributed by atoms with Crippen LogP contribution in [-0.4, -0.2) is 35.1 Å². The molecule has 5 nitrogen and oxygen atoms in total. The van der Waals surface area contributed by atoms with E-state index in [1.165, 1.54) is 11.1 Å². The van der Waals surface area contributed by atoms with Crippen LogP contribution in [0.25, 0.3) is 0 Å². The molecule has 2 aliphatic rings. The van der Waals surface area contributed by atoms with Gasteiger partial charge in [0.1, 0.15) is 0 Å². The van der Waals surface area contributed by atoms with Crippen LogP contribution < -0.4 is 5.32 Å². The van der Waals surface area contributed by atoms with E-state index in [0.717, 1.165) is 6.42 Å². The topological polar surface area (TPSA) is 69.6 Å².